The van der Waals surface area contributed by atoms with Crippen LogP contribution in [0.15, 0.2) is 47.6 Å². The van der Waals surface area contributed by atoms with Crippen molar-refractivity contribution in [1.29, 1.82) is 0 Å². The average molecular weight is 356 g/mol. The first-order valence-electron chi connectivity index (χ1n) is 9.07. The van der Waals surface area contributed by atoms with E-state index in [9.17, 15) is 0 Å². The van der Waals surface area contributed by atoms with Crippen molar-refractivity contribution in [2.45, 2.75) is 33.7 Å². The number of rotatable bonds is 9. The number of nitrogens with zero attached hydrogens (tertiary/aromatic N) is 3. The third-order valence-electron chi connectivity index (χ3n) is 3.87. The molecule has 0 atom stereocenters. The van der Waals surface area contributed by atoms with Crippen molar-refractivity contribution in [3.63, 3.8) is 0 Å². The van der Waals surface area contributed by atoms with Crippen LogP contribution in [-0.2, 0) is 6.54 Å². The highest BCUT2D eigenvalue weighted by atomic mass is 16.5. The highest BCUT2D eigenvalue weighted by Crippen LogP contribution is 2.32. The summed E-state index contributed by atoms with van der Waals surface area (Å²) in [6, 6.07) is 11.4. The Kier molecular flexibility index (Phi) is 7.74. The first-order chi connectivity index (χ1) is 12.7. The van der Waals surface area contributed by atoms with Gasteiger partial charge < -0.3 is 20.1 Å². The van der Waals surface area contributed by atoms with E-state index >= 15 is 0 Å². The van der Waals surface area contributed by atoms with Crippen LogP contribution in [0.25, 0.3) is 0 Å². The lowest BCUT2D eigenvalue weighted by Gasteiger charge is -2.19. The molecule has 0 amide bonds. The van der Waals surface area contributed by atoms with Crippen molar-refractivity contribution < 1.29 is 9.47 Å². The smallest absolute Gasteiger partial charge is 0.224 e. The van der Waals surface area contributed by atoms with E-state index in [0.717, 1.165) is 25.1 Å². The van der Waals surface area contributed by atoms with Gasteiger partial charge in [-0.1, -0.05) is 25.1 Å². The topological polar surface area (TPSA) is 73.0 Å². The number of aromatic nitrogens is 1. The molecule has 2 N–H and O–H groups in total. The standard InChI is InChI=1S/C20H28N4O2/c1-4-14-25-17-11-7-8-12-18(17)26-19-16(10-9-13-22-19)15-23-20(21)24(5-2)6-3/h7-13H,4-6,14-15H2,1-3H3,(H2,21,23). The molecule has 140 valence electrons. The molecule has 0 spiro atoms. The minimum absolute atomic E-state index is 0.406. The molecule has 6 heteroatoms. The van der Waals surface area contributed by atoms with Gasteiger partial charge in [-0.3, -0.25) is 0 Å². The fourth-order valence-corrected chi connectivity index (χ4v) is 2.42. The molecule has 2 aromatic rings. The van der Waals surface area contributed by atoms with Crippen molar-refractivity contribution in [2.75, 3.05) is 19.7 Å². The molecule has 0 saturated carbocycles. The lowest BCUT2D eigenvalue weighted by Crippen LogP contribution is -2.37. The summed E-state index contributed by atoms with van der Waals surface area (Å²) in [5.74, 6) is 2.38. The fourth-order valence-electron chi connectivity index (χ4n) is 2.42. The Morgan fingerprint density at radius 1 is 1.08 bits per heavy atom. The van der Waals surface area contributed by atoms with Crippen LogP contribution in [0.4, 0.5) is 0 Å². The molecule has 0 unspecified atom stereocenters. The van der Waals surface area contributed by atoms with Crippen LogP contribution in [-0.4, -0.2) is 35.5 Å². The van der Waals surface area contributed by atoms with E-state index in [2.05, 4.69) is 30.7 Å². The van der Waals surface area contributed by atoms with E-state index in [1.54, 1.807) is 6.20 Å². The van der Waals surface area contributed by atoms with Gasteiger partial charge in [0.1, 0.15) is 0 Å². The van der Waals surface area contributed by atoms with Crippen LogP contribution in [0, 0.1) is 0 Å². The van der Waals surface area contributed by atoms with E-state index < -0.39 is 0 Å². The molecule has 1 aromatic heterocycles. The maximum absolute atomic E-state index is 6.06. The summed E-state index contributed by atoms with van der Waals surface area (Å²) >= 11 is 0. The van der Waals surface area contributed by atoms with Gasteiger partial charge in [-0.05, 0) is 38.5 Å². The van der Waals surface area contributed by atoms with Crippen molar-refractivity contribution >= 4 is 5.96 Å². The van der Waals surface area contributed by atoms with Crippen LogP contribution in [0.5, 0.6) is 17.4 Å². The molecule has 0 aliphatic rings. The Bertz CT molecular complexity index is 714. The molecule has 6 nitrogen and oxygen atoms in total. The van der Waals surface area contributed by atoms with E-state index in [1.807, 2.05) is 41.3 Å². The third-order valence-corrected chi connectivity index (χ3v) is 3.87. The monoisotopic (exact) mass is 356 g/mol. The predicted molar refractivity (Wildman–Crippen MR) is 105 cm³/mol. The zero-order valence-electron chi connectivity index (χ0n) is 15.8. The minimum atomic E-state index is 0.406. The Morgan fingerprint density at radius 2 is 1.81 bits per heavy atom. The number of benzene rings is 1. The van der Waals surface area contributed by atoms with Crippen molar-refractivity contribution in [3.05, 3.63) is 48.2 Å². The second kappa shape index (κ2) is 10.3. The van der Waals surface area contributed by atoms with Crippen molar-refractivity contribution in [2.24, 2.45) is 10.7 Å². The van der Waals surface area contributed by atoms with Gasteiger partial charge in [0.2, 0.25) is 5.88 Å². The minimum Gasteiger partial charge on any atom is -0.490 e. The normalized spacial score (nSPS) is 11.3. The predicted octanol–water partition coefficient (Wildman–Crippen LogP) is 3.82. The summed E-state index contributed by atoms with van der Waals surface area (Å²) in [7, 11) is 0. The second-order valence-corrected chi connectivity index (χ2v) is 5.71. The lowest BCUT2D eigenvalue weighted by atomic mass is 10.2. The maximum Gasteiger partial charge on any atom is 0.224 e. The van der Waals surface area contributed by atoms with Crippen molar-refractivity contribution in [1.82, 2.24) is 9.88 Å². The van der Waals surface area contributed by atoms with Crippen LogP contribution in [0.1, 0.15) is 32.8 Å². The third kappa shape index (κ3) is 5.37. The summed E-state index contributed by atoms with van der Waals surface area (Å²) in [5.41, 5.74) is 6.93. The van der Waals surface area contributed by atoms with Crippen LogP contribution in [0.2, 0.25) is 0 Å². The van der Waals surface area contributed by atoms with Gasteiger partial charge in [0, 0.05) is 24.8 Å². The molecule has 26 heavy (non-hydrogen) atoms. The molecule has 0 fully saturated rings. The van der Waals surface area contributed by atoms with Gasteiger partial charge in [-0.25, -0.2) is 9.98 Å². The molecular weight excluding hydrogens is 328 g/mol. The van der Waals surface area contributed by atoms with E-state index in [-0.39, 0.29) is 0 Å². The van der Waals surface area contributed by atoms with E-state index in [1.165, 1.54) is 0 Å². The Labute approximate surface area is 155 Å². The number of ether oxygens (including phenoxy) is 2. The molecule has 0 aliphatic carbocycles. The second-order valence-electron chi connectivity index (χ2n) is 5.71. The zero-order chi connectivity index (χ0) is 18.8. The van der Waals surface area contributed by atoms with Crippen LogP contribution >= 0.6 is 0 Å². The summed E-state index contributed by atoms with van der Waals surface area (Å²) in [6.45, 7) is 8.87. The van der Waals surface area contributed by atoms with Crippen molar-refractivity contribution in [3.8, 4) is 17.4 Å². The lowest BCUT2D eigenvalue weighted by molar-refractivity contribution is 0.300. The number of aliphatic imine (C=N–C) groups is 1. The number of hydrogen-bond acceptors (Lipinski definition) is 4. The molecule has 1 aromatic carbocycles. The number of pyridine rings is 1. The number of para-hydroxylation sites is 2. The van der Waals surface area contributed by atoms with E-state index in [0.29, 0.717) is 36.5 Å². The maximum atomic E-state index is 6.06. The molecule has 0 saturated heterocycles. The summed E-state index contributed by atoms with van der Waals surface area (Å²) < 4.78 is 11.8. The fraction of sp³-hybridized carbons (Fsp3) is 0.400. The average Bonchev–Trinajstić information content (AvgIpc) is 2.67. The summed E-state index contributed by atoms with van der Waals surface area (Å²) in [4.78, 5) is 10.8. The van der Waals surface area contributed by atoms with Gasteiger partial charge in [0.05, 0.1) is 13.2 Å². The molecule has 1 heterocycles. The van der Waals surface area contributed by atoms with E-state index in [4.69, 9.17) is 15.2 Å². The van der Waals surface area contributed by atoms with Crippen LogP contribution < -0.4 is 15.2 Å². The Hall–Kier alpha value is -2.76. The first-order valence-corrected chi connectivity index (χ1v) is 9.07. The Balaban J connectivity index is 2.18. The molecule has 0 aliphatic heterocycles. The molecule has 0 radical (unpaired) electrons. The SMILES string of the molecule is CCCOc1ccccc1Oc1ncccc1CN=C(N)N(CC)CC. The van der Waals surface area contributed by atoms with Gasteiger partial charge in [-0.15, -0.1) is 0 Å². The summed E-state index contributed by atoms with van der Waals surface area (Å²) in [5, 5.41) is 0. The van der Waals surface area contributed by atoms with Gasteiger partial charge in [0.15, 0.2) is 17.5 Å². The number of nitrogens with two attached hydrogens (primary N) is 1. The first kappa shape index (κ1) is 19.6. The highest BCUT2D eigenvalue weighted by Gasteiger charge is 2.11. The molecule has 0 bridgehead atoms. The summed E-state index contributed by atoms with van der Waals surface area (Å²) in [6.07, 6.45) is 2.63. The number of hydrogen-bond donors (Lipinski definition) is 1. The van der Waals surface area contributed by atoms with Gasteiger partial charge >= 0.3 is 0 Å². The zero-order valence-corrected chi connectivity index (χ0v) is 15.8. The number of guanidine groups is 1. The molecule has 2 rings (SSSR count). The highest BCUT2D eigenvalue weighted by molar-refractivity contribution is 5.78. The largest absolute Gasteiger partial charge is 0.490 e. The van der Waals surface area contributed by atoms with Gasteiger partial charge in [-0.2, -0.15) is 0 Å². The van der Waals surface area contributed by atoms with Crippen LogP contribution in [0.3, 0.4) is 0 Å². The molecular formula is C20H28N4O2. The Morgan fingerprint density at radius 3 is 2.50 bits per heavy atom. The van der Waals surface area contributed by atoms with Gasteiger partial charge in [0.25, 0.3) is 0 Å². The quantitative estimate of drug-likeness (QED) is 0.546.